The van der Waals surface area contributed by atoms with E-state index in [9.17, 15) is 18.0 Å². The van der Waals surface area contributed by atoms with Gasteiger partial charge < -0.3 is 9.72 Å². The van der Waals surface area contributed by atoms with Gasteiger partial charge in [0.25, 0.3) is 11.8 Å². The number of H-pyrrole nitrogens is 1. The molecule has 0 aliphatic carbocycles. The van der Waals surface area contributed by atoms with Crippen molar-refractivity contribution in [3.8, 4) is 5.75 Å². The average Bonchev–Trinajstić information content (AvgIpc) is 3.42. The molecular weight excluding hydrogens is 611 g/mol. The van der Waals surface area contributed by atoms with Gasteiger partial charge in [-0.25, -0.2) is 8.42 Å². The third kappa shape index (κ3) is 7.74. The molecule has 0 radical (unpaired) electrons. The van der Waals surface area contributed by atoms with Gasteiger partial charge in [-0.1, -0.05) is 53.5 Å². The van der Waals surface area contributed by atoms with E-state index in [1.807, 2.05) is 24.3 Å². The first-order valence-electron chi connectivity index (χ1n) is 13.1. The number of hydrazine groups is 1. The van der Waals surface area contributed by atoms with Crippen molar-refractivity contribution in [2.24, 2.45) is 0 Å². The van der Waals surface area contributed by atoms with Crippen LogP contribution < -0.4 is 20.3 Å². The van der Waals surface area contributed by atoms with Crippen molar-refractivity contribution < 1.29 is 22.7 Å². The maximum absolute atomic E-state index is 13.3. The Bertz CT molecular complexity index is 1840. The maximum atomic E-state index is 13.3. The second-order valence-electron chi connectivity index (χ2n) is 9.57. The number of aromatic amines is 1. The van der Waals surface area contributed by atoms with Crippen molar-refractivity contribution >= 4 is 55.9 Å². The molecule has 0 unspecified atom stereocenters. The Morgan fingerprint density at radius 3 is 2.16 bits per heavy atom. The van der Waals surface area contributed by atoms with Crippen molar-refractivity contribution in [1.29, 1.82) is 0 Å². The number of amides is 2. The number of fused-ring (bicyclic) bond motifs is 1. The number of carbonyl (C=O) groups excluding carboxylic acids is 2. The van der Waals surface area contributed by atoms with E-state index >= 15 is 0 Å². The van der Waals surface area contributed by atoms with Crippen molar-refractivity contribution in [3.05, 3.63) is 130 Å². The summed E-state index contributed by atoms with van der Waals surface area (Å²) in [5.74, 6) is -0.670. The van der Waals surface area contributed by atoms with E-state index in [0.29, 0.717) is 15.8 Å². The van der Waals surface area contributed by atoms with Gasteiger partial charge in [-0.2, -0.15) is 4.72 Å². The Labute approximate surface area is 258 Å². The van der Waals surface area contributed by atoms with Crippen molar-refractivity contribution in [2.75, 3.05) is 0 Å². The number of ether oxygens (including phenoxy) is 1. The number of benzene rings is 4. The highest BCUT2D eigenvalue weighted by molar-refractivity contribution is 7.89. The number of carbonyl (C=O) groups is 2. The van der Waals surface area contributed by atoms with Crippen LogP contribution in [-0.4, -0.2) is 31.3 Å². The van der Waals surface area contributed by atoms with Crippen LogP contribution in [0.15, 0.2) is 108 Å². The molecule has 2 amide bonds. The number of sulfonamides is 1. The fourth-order valence-electron chi connectivity index (χ4n) is 4.30. The van der Waals surface area contributed by atoms with E-state index in [2.05, 4.69) is 20.6 Å². The zero-order valence-corrected chi connectivity index (χ0v) is 24.8. The number of para-hydroxylation sites is 1. The molecule has 0 spiro atoms. The van der Waals surface area contributed by atoms with Crippen LogP contribution in [0, 0.1) is 0 Å². The minimum atomic E-state index is -4.11. The average molecular weight is 638 g/mol. The molecule has 1 atom stereocenters. The minimum absolute atomic E-state index is 0.0147. The lowest BCUT2D eigenvalue weighted by Gasteiger charge is -2.19. The minimum Gasteiger partial charge on any atom is -0.489 e. The van der Waals surface area contributed by atoms with Gasteiger partial charge in [-0.15, -0.1) is 0 Å². The Hall–Kier alpha value is -4.35. The zero-order valence-electron chi connectivity index (χ0n) is 22.5. The normalized spacial score (nSPS) is 12.0. The molecular formula is C31H26Cl2N4O5S. The maximum Gasteiger partial charge on any atom is 0.269 e. The van der Waals surface area contributed by atoms with Crippen LogP contribution in [0.2, 0.25) is 10.0 Å². The molecule has 0 aliphatic rings. The van der Waals surface area contributed by atoms with Gasteiger partial charge in [0.1, 0.15) is 18.4 Å². The summed E-state index contributed by atoms with van der Waals surface area (Å²) >= 11 is 11.8. The van der Waals surface area contributed by atoms with E-state index in [1.54, 1.807) is 54.7 Å². The van der Waals surface area contributed by atoms with Gasteiger partial charge >= 0.3 is 0 Å². The molecule has 220 valence electrons. The van der Waals surface area contributed by atoms with Crippen molar-refractivity contribution in [3.63, 3.8) is 0 Å². The van der Waals surface area contributed by atoms with Crippen LogP contribution in [0.25, 0.3) is 10.9 Å². The lowest BCUT2D eigenvalue weighted by Crippen LogP contribution is -2.53. The molecule has 0 bridgehead atoms. The van der Waals surface area contributed by atoms with Crippen LogP contribution in [0.1, 0.15) is 21.5 Å². The Morgan fingerprint density at radius 1 is 0.814 bits per heavy atom. The smallest absolute Gasteiger partial charge is 0.269 e. The molecule has 4 N–H and O–H groups in total. The molecule has 4 aromatic carbocycles. The molecule has 1 aromatic heterocycles. The third-order valence-electron chi connectivity index (χ3n) is 6.57. The highest BCUT2D eigenvalue weighted by Gasteiger charge is 2.27. The molecule has 0 saturated carbocycles. The number of halogens is 2. The first kappa shape index (κ1) is 30.1. The summed E-state index contributed by atoms with van der Waals surface area (Å²) in [5, 5.41) is 1.82. The van der Waals surface area contributed by atoms with Crippen LogP contribution in [0.4, 0.5) is 0 Å². The fraction of sp³-hybridized carbons (Fsp3) is 0.0968. The summed E-state index contributed by atoms with van der Waals surface area (Å²) in [4.78, 5) is 29.2. The number of rotatable bonds is 10. The van der Waals surface area contributed by atoms with Gasteiger partial charge in [-0.3, -0.25) is 20.4 Å². The highest BCUT2D eigenvalue weighted by atomic mass is 35.5. The molecule has 43 heavy (non-hydrogen) atoms. The fourth-order valence-corrected chi connectivity index (χ4v) is 5.75. The number of aromatic nitrogens is 1. The SMILES string of the molecule is O=C(NNC(=O)[C@H](Cc1c[nH]c2ccccc12)NS(=O)(=O)c1ccc(Cl)cc1)c1ccc(COc2ccc(Cl)cc2)cc1. The number of nitrogens with one attached hydrogen (secondary N) is 4. The first-order chi connectivity index (χ1) is 20.7. The van der Waals surface area contributed by atoms with E-state index in [-0.39, 0.29) is 23.5 Å². The lowest BCUT2D eigenvalue weighted by atomic mass is 10.1. The van der Waals surface area contributed by atoms with Gasteiger partial charge in [-0.05, 0) is 84.3 Å². The molecule has 9 nitrogen and oxygen atoms in total. The summed E-state index contributed by atoms with van der Waals surface area (Å²) < 4.78 is 34.5. The van der Waals surface area contributed by atoms with Gasteiger partial charge in [0, 0.05) is 32.7 Å². The van der Waals surface area contributed by atoms with E-state index < -0.39 is 27.9 Å². The second-order valence-corrected chi connectivity index (χ2v) is 12.2. The van der Waals surface area contributed by atoms with Gasteiger partial charge in [0.2, 0.25) is 10.0 Å². The third-order valence-corrected chi connectivity index (χ3v) is 8.56. The van der Waals surface area contributed by atoms with Crippen LogP contribution >= 0.6 is 23.2 Å². The standard InChI is InChI=1S/C31H26Cl2N4O5S/c32-23-9-13-25(14-10-23)42-19-20-5-7-21(8-6-20)30(38)35-36-31(39)29(17-22-18-34-28-4-2-1-3-27(22)28)37-43(40,41)26-15-11-24(33)12-16-26/h1-16,18,29,34,37H,17,19H2,(H,35,38)(H,36,39)/t29-/m0/s1. The van der Waals surface area contributed by atoms with Crippen LogP contribution in [-0.2, 0) is 27.8 Å². The van der Waals surface area contributed by atoms with E-state index in [0.717, 1.165) is 22.0 Å². The van der Waals surface area contributed by atoms with E-state index in [4.69, 9.17) is 27.9 Å². The zero-order chi connectivity index (χ0) is 30.4. The topological polar surface area (TPSA) is 129 Å². The van der Waals surface area contributed by atoms with E-state index in [1.165, 1.54) is 24.3 Å². The summed E-state index contributed by atoms with van der Waals surface area (Å²) in [6.07, 6.45) is 1.74. The number of hydrogen-bond acceptors (Lipinski definition) is 5. The van der Waals surface area contributed by atoms with Gasteiger partial charge in [0.15, 0.2) is 0 Å². The molecule has 0 aliphatic heterocycles. The van der Waals surface area contributed by atoms with Crippen molar-refractivity contribution in [1.82, 2.24) is 20.6 Å². The monoisotopic (exact) mass is 636 g/mol. The summed E-state index contributed by atoms with van der Waals surface area (Å²) in [6.45, 7) is 0.281. The second kappa shape index (κ2) is 13.3. The van der Waals surface area contributed by atoms with Crippen molar-refractivity contribution in [2.45, 2.75) is 24.0 Å². The Kier molecular flexibility index (Phi) is 9.32. The summed E-state index contributed by atoms with van der Waals surface area (Å²) in [6, 6.07) is 25.4. The quantitative estimate of drug-likeness (QED) is 0.152. The summed E-state index contributed by atoms with van der Waals surface area (Å²) in [5.41, 5.74) is 7.40. The highest BCUT2D eigenvalue weighted by Crippen LogP contribution is 2.21. The Balaban J connectivity index is 1.25. The molecule has 5 rings (SSSR count). The molecule has 0 fully saturated rings. The predicted molar refractivity (Wildman–Crippen MR) is 165 cm³/mol. The van der Waals surface area contributed by atoms with Crippen LogP contribution in [0.5, 0.6) is 5.75 Å². The predicted octanol–water partition coefficient (Wildman–Crippen LogP) is 5.40. The van der Waals surface area contributed by atoms with Crippen LogP contribution in [0.3, 0.4) is 0 Å². The molecule has 12 heteroatoms. The Morgan fingerprint density at radius 2 is 1.47 bits per heavy atom. The van der Waals surface area contributed by atoms with Gasteiger partial charge in [0.05, 0.1) is 4.90 Å². The lowest BCUT2D eigenvalue weighted by molar-refractivity contribution is -0.123. The largest absolute Gasteiger partial charge is 0.489 e. The first-order valence-corrected chi connectivity index (χ1v) is 15.3. The number of hydrogen-bond donors (Lipinski definition) is 4. The molecule has 5 aromatic rings. The molecule has 1 heterocycles. The molecule has 0 saturated heterocycles. The summed E-state index contributed by atoms with van der Waals surface area (Å²) in [7, 11) is -4.11.